The largest absolute Gasteiger partial charge is 0.490 e. The van der Waals surface area contributed by atoms with Crippen molar-refractivity contribution in [2.24, 2.45) is 0 Å². The van der Waals surface area contributed by atoms with Crippen LogP contribution >= 0.6 is 11.3 Å². The molecule has 2 aliphatic heterocycles. The van der Waals surface area contributed by atoms with E-state index in [1.54, 1.807) is 4.90 Å². The van der Waals surface area contributed by atoms with E-state index in [9.17, 15) is 10.1 Å². The van der Waals surface area contributed by atoms with E-state index in [1.165, 1.54) is 17.4 Å². The predicted octanol–water partition coefficient (Wildman–Crippen LogP) is 3.60. The van der Waals surface area contributed by atoms with Crippen LogP contribution in [0.4, 0.5) is 10.8 Å². The molecule has 1 amide bonds. The Kier molecular flexibility index (Phi) is 7.64. The lowest BCUT2D eigenvalue weighted by Gasteiger charge is -2.34. The van der Waals surface area contributed by atoms with Gasteiger partial charge in [-0.1, -0.05) is 11.7 Å². The zero-order valence-electron chi connectivity index (χ0n) is 24.1. The van der Waals surface area contributed by atoms with Gasteiger partial charge in [-0.3, -0.25) is 4.79 Å². The number of carbonyl (C=O) groups is 1. The maximum absolute atomic E-state index is 12.0. The van der Waals surface area contributed by atoms with Gasteiger partial charge in [0.1, 0.15) is 34.4 Å². The maximum Gasteiger partial charge on any atom is 0.245 e. The Morgan fingerprint density at radius 1 is 1.24 bits per heavy atom. The Hall–Kier alpha value is -3.95. The van der Waals surface area contributed by atoms with Gasteiger partial charge in [0.05, 0.1) is 11.0 Å². The number of aryl methyl sites for hydroxylation is 1. The van der Waals surface area contributed by atoms with E-state index in [1.807, 2.05) is 12.1 Å². The number of aromatic nitrogens is 3. The third kappa shape index (κ3) is 5.23. The molecule has 3 aromatic heterocycles. The lowest BCUT2D eigenvalue weighted by molar-refractivity contribution is -0.127. The molecule has 2 N–H and O–H groups in total. The molecular formula is C30H36N8O3S. The number of nitrogens with zero attached hydrogens (tertiary/aromatic N) is 7. The van der Waals surface area contributed by atoms with Crippen molar-refractivity contribution >= 4 is 28.1 Å². The highest BCUT2D eigenvalue weighted by Gasteiger charge is 2.43. The first kappa shape index (κ1) is 28.2. The zero-order valence-corrected chi connectivity index (χ0v) is 25.0. The molecule has 0 aromatic carbocycles. The van der Waals surface area contributed by atoms with Crippen molar-refractivity contribution in [3.05, 3.63) is 46.7 Å². The molecule has 42 heavy (non-hydrogen) atoms. The molecule has 0 spiro atoms. The van der Waals surface area contributed by atoms with Crippen molar-refractivity contribution in [1.29, 1.82) is 5.26 Å². The Morgan fingerprint density at radius 3 is 2.71 bits per heavy atom. The molecule has 1 aliphatic carbocycles. The fourth-order valence-corrected chi connectivity index (χ4v) is 7.44. The number of nitrogen functional groups attached to an aromatic ring is 1. The van der Waals surface area contributed by atoms with Crippen LogP contribution in [0.5, 0.6) is 5.75 Å². The van der Waals surface area contributed by atoms with E-state index in [0.29, 0.717) is 46.8 Å². The van der Waals surface area contributed by atoms with Crippen LogP contribution in [0, 0.1) is 11.3 Å². The third-order valence-electron chi connectivity index (χ3n) is 8.72. The fraction of sp³-hybridized carbons (Fsp3) is 0.500. The van der Waals surface area contributed by atoms with Crippen LogP contribution in [0.1, 0.15) is 54.5 Å². The summed E-state index contributed by atoms with van der Waals surface area (Å²) in [5, 5.41) is 14.8. The zero-order chi connectivity index (χ0) is 29.4. The number of carbonyl (C=O) groups excluding carboxylic acids is 1. The summed E-state index contributed by atoms with van der Waals surface area (Å²) in [6.07, 6.45) is 5.42. The molecule has 0 saturated carbocycles. The molecule has 0 radical (unpaired) electrons. The van der Waals surface area contributed by atoms with E-state index in [-0.39, 0.29) is 12.0 Å². The van der Waals surface area contributed by atoms with Gasteiger partial charge in [-0.2, -0.15) is 10.2 Å². The molecule has 11 nitrogen and oxygen atoms in total. The minimum Gasteiger partial charge on any atom is -0.490 e. The number of likely N-dealkylation sites (tertiary alicyclic amines) is 1. The molecule has 5 heterocycles. The molecule has 3 aromatic rings. The molecule has 1 unspecified atom stereocenters. The molecular weight excluding hydrogens is 552 g/mol. The normalized spacial score (nSPS) is 21.5. The first-order valence-electron chi connectivity index (χ1n) is 14.5. The average Bonchev–Trinajstić information content (AvgIpc) is 3.63. The number of ether oxygens (including phenoxy) is 1. The lowest BCUT2D eigenvalue weighted by Crippen LogP contribution is -2.44. The summed E-state index contributed by atoms with van der Waals surface area (Å²) in [5.41, 5.74) is 7.61. The topological polar surface area (TPSA) is 138 Å². The van der Waals surface area contributed by atoms with Gasteiger partial charge in [0.15, 0.2) is 0 Å². The second-order valence-electron chi connectivity index (χ2n) is 11.5. The van der Waals surface area contributed by atoms with Crippen LogP contribution in [0.15, 0.2) is 29.3 Å². The minimum absolute atomic E-state index is 0.0247. The van der Waals surface area contributed by atoms with Gasteiger partial charge in [-0.05, 0) is 39.3 Å². The number of anilines is 2. The van der Waals surface area contributed by atoms with Crippen molar-refractivity contribution in [1.82, 2.24) is 24.9 Å². The number of hydrogen-bond acceptors (Lipinski definition) is 11. The fourth-order valence-electron chi connectivity index (χ4n) is 6.25. The van der Waals surface area contributed by atoms with Crippen LogP contribution in [-0.2, 0) is 16.6 Å². The minimum atomic E-state index is -0.608. The van der Waals surface area contributed by atoms with Crippen molar-refractivity contribution < 1.29 is 14.1 Å². The van der Waals surface area contributed by atoms with E-state index in [2.05, 4.69) is 41.6 Å². The van der Waals surface area contributed by atoms with Gasteiger partial charge in [-0.15, -0.1) is 11.3 Å². The number of piperidine rings is 1. The molecule has 1 atom stereocenters. The number of hydrogen-bond donors (Lipinski definition) is 1. The summed E-state index contributed by atoms with van der Waals surface area (Å²) in [4.78, 5) is 29.3. The summed E-state index contributed by atoms with van der Waals surface area (Å²) in [7, 11) is 2.12. The molecule has 6 rings (SSSR count). The molecule has 0 bridgehead atoms. The van der Waals surface area contributed by atoms with Crippen molar-refractivity contribution in [2.75, 3.05) is 56.9 Å². The summed E-state index contributed by atoms with van der Waals surface area (Å²) >= 11 is 1.48. The van der Waals surface area contributed by atoms with Gasteiger partial charge in [0, 0.05) is 74.7 Å². The Morgan fingerprint density at radius 2 is 2.00 bits per heavy atom. The van der Waals surface area contributed by atoms with Crippen molar-refractivity contribution in [3.8, 4) is 23.3 Å². The number of piperazine rings is 1. The predicted molar refractivity (Wildman–Crippen MR) is 161 cm³/mol. The van der Waals surface area contributed by atoms with E-state index in [0.717, 1.165) is 74.5 Å². The summed E-state index contributed by atoms with van der Waals surface area (Å²) < 4.78 is 12.4. The number of fused-ring (bicyclic) bond motifs is 1. The lowest BCUT2D eigenvalue weighted by atomic mass is 9.72. The SMILES string of the molecule is C=CC(=O)N1CCC(Oc2cc(-c3noc(C4(C)CCCc5sc(N)c(C#N)c54)n3)nc(N3CCN(C)CC3)c2)CC1. The summed E-state index contributed by atoms with van der Waals surface area (Å²) in [5.74, 6) is 2.30. The van der Waals surface area contributed by atoms with E-state index < -0.39 is 5.41 Å². The van der Waals surface area contributed by atoms with Crippen LogP contribution in [0.2, 0.25) is 0 Å². The van der Waals surface area contributed by atoms with Crippen LogP contribution in [0.25, 0.3) is 11.5 Å². The number of amides is 1. The first-order chi connectivity index (χ1) is 20.3. The molecule has 2 fully saturated rings. The monoisotopic (exact) mass is 588 g/mol. The van der Waals surface area contributed by atoms with Gasteiger partial charge in [-0.25, -0.2) is 4.98 Å². The standard InChI is InChI=1S/C30H36N8O3S/c1-4-25(39)38-10-7-19(8-11-38)40-20-16-22(33-24(17-20)37-14-12-36(3)13-15-37)28-34-29(41-35-28)30(2)9-5-6-23-26(30)21(18-31)27(32)42-23/h4,16-17,19H,1,5-15,32H2,2-3H3. The highest BCUT2D eigenvalue weighted by atomic mass is 32.1. The number of nitriles is 1. The number of thiophene rings is 1. The second-order valence-corrected chi connectivity index (χ2v) is 12.7. The molecule has 3 aliphatic rings. The summed E-state index contributed by atoms with van der Waals surface area (Å²) in [6, 6.07) is 6.16. The number of rotatable bonds is 6. The quantitative estimate of drug-likeness (QED) is 0.425. The molecule has 12 heteroatoms. The van der Waals surface area contributed by atoms with E-state index in [4.69, 9.17) is 25.0 Å². The van der Waals surface area contributed by atoms with Gasteiger partial charge in [0.25, 0.3) is 0 Å². The van der Waals surface area contributed by atoms with Gasteiger partial charge in [0.2, 0.25) is 17.6 Å². The highest BCUT2D eigenvalue weighted by Crippen LogP contribution is 2.48. The number of nitrogens with two attached hydrogens (primary N) is 1. The molecule has 220 valence electrons. The smallest absolute Gasteiger partial charge is 0.245 e. The van der Waals surface area contributed by atoms with Gasteiger partial charge >= 0.3 is 0 Å². The highest BCUT2D eigenvalue weighted by molar-refractivity contribution is 7.16. The molecule has 2 saturated heterocycles. The Labute approximate surface area is 249 Å². The summed E-state index contributed by atoms with van der Waals surface area (Å²) in [6.45, 7) is 10.5. The van der Waals surface area contributed by atoms with Crippen LogP contribution in [-0.4, -0.2) is 83.3 Å². The van der Waals surface area contributed by atoms with Crippen LogP contribution < -0.4 is 15.4 Å². The van der Waals surface area contributed by atoms with E-state index >= 15 is 0 Å². The average molecular weight is 589 g/mol. The number of pyridine rings is 1. The van der Waals surface area contributed by atoms with Crippen molar-refractivity contribution in [3.63, 3.8) is 0 Å². The Bertz CT molecular complexity index is 1530. The maximum atomic E-state index is 12.0. The van der Waals surface area contributed by atoms with Crippen LogP contribution in [0.3, 0.4) is 0 Å². The van der Waals surface area contributed by atoms with Gasteiger partial charge < -0.3 is 29.7 Å². The second kappa shape index (κ2) is 11.4. The number of likely N-dealkylation sites (N-methyl/N-ethyl adjacent to an activating group) is 1. The Balaban J connectivity index is 1.31. The first-order valence-corrected chi connectivity index (χ1v) is 15.3. The van der Waals surface area contributed by atoms with Crippen molar-refractivity contribution in [2.45, 2.75) is 50.5 Å². The third-order valence-corrected chi connectivity index (χ3v) is 9.80.